The third-order valence-corrected chi connectivity index (χ3v) is 4.61. The molecule has 0 atom stereocenters. The molecule has 0 radical (unpaired) electrons. The van der Waals surface area contributed by atoms with E-state index in [2.05, 4.69) is 5.10 Å². The molecule has 1 aromatic heterocycles. The second-order valence-electron chi connectivity index (χ2n) is 6.33. The zero-order chi connectivity index (χ0) is 22.9. The van der Waals surface area contributed by atoms with Gasteiger partial charge in [0.2, 0.25) is 0 Å². The third kappa shape index (κ3) is 4.45. The van der Waals surface area contributed by atoms with Gasteiger partial charge in [-0.05, 0) is 18.2 Å². The number of nitro groups is 1. The van der Waals surface area contributed by atoms with E-state index in [-0.39, 0.29) is 17.0 Å². The average Bonchev–Trinajstić information content (AvgIpc) is 3.00. The number of hydrogen-bond donors (Lipinski definition) is 0. The average molecular weight is 455 g/mol. The molecule has 12 heteroatoms. The molecule has 3 rings (SSSR count). The van der Waals surface area contributed by atoms with E-state index in [0.717, 1.165) is 24.1 Å². The van der Waals surface area contributed by atoms with Crippen molar-refractivity contribution in [2.45, 2.75) is 6.18 Å². The van der Waals surface area contributed by atoms with Gasteiger partial charge >= 0.3 is 6.18 Å². The molecule has 0 unspecified atom stereocenters. The van der Waals surface area contributed by atoms with Gasteiger partial charge in [0.15, 0.2) is 5.69 Å². The number of benzene rings is 2. The largest absolute Gasteiger partial charge is 0.436 e. The maximum Gasteiger partial charge on any atom is 0.434 e. The number of ether oxygens (including phenoxy) is 1. The van der Waals surface area contributed by atoms with Crippen LogP contribution < -0.4 is 9.64 Å². The van der Waals surface area contributed by atoms with Crippen molar-refractivity contribution in [2.24, 2.45) is 7.05 Å². The second-order valence-corrected chi connectivity index (χ2v) is 6.71. The van der Waals surface area contributed by atoms with Gasteiger partial charge in [0.1, 0.15) is 16.5 Å². The fourth-order valence-electron chi connectivity index (χ4n) is 2.83. The van der Waals surface area contributed by atoms with Gasteiger partial charge in [0, 0.05) is 31.8 Å². The first-order valence-electron chi connectivity index (χ1n) is 8.59. The highest BCUT2D eigenvalue weighted by Gasteiger charge is 2.39. The van der Waals surface area contributed by atoms with Crippen LogP contribution in [0.2, 0.25) is 5.02 Å². The van der Waals surface area contributed by atoms with Crippen LogP contribution in [0.5, 0.6) is 11.6 Å². The predicted molar refractivity (Wildman–Crippen MR) is 106 cm³/mol. The molecule has 0 aliphatic rings. The lowest BCUT2D eigenvalue weighted by Crippen LogP contribution is -2.26. The number of carbonyl (C=O) groups excluding carboxylic acids is 1. The smallest absolute Gasteiger partial charge is 0.434 e. The molecule has 0 fully saturated rings. The standard InChI is InChI=1S/C19H14ClF3N4O4/c1-25(18(28)11-6-4-3-5-7-11)14-10-12(8-9-13(14)27(29)30)31-17-15(20)16(19(21,22)23)26(2)24-17/h3-10H,1-2H3. The molecular weight excluding hydrogens is 441 g/mol. The molecule has 0 aliphatic heterocycles. The van der Waals surface area contributed by atoms with E-state index in [1.165, 1.54) is 25.2 Å². The second kappa shape index (κ2) is 8.26. The van der Waals surface area contributed by atoms with E-state index in [1.807, 2.05) is 0 Å². The molecule has 0 spiro atoms. The number of halogens is 4. The van der Waals surface area contributed by atoms with E-state index >= 15 is 0 Å². The van der Waals surface area contributed by atoms with E-state index in [0.29, 0.717) is 4.68 Å². The van der Waals surface area contributed by atoms with Crippen LogP contribution in [-0.4, -0.2) is 27.7 Å². The Hall–Kier alpha value is -3.60. The Labute approximate surface area is 178 Å². The Bertz CT molecular complexity index is 1150. The summed E-state index contributed by atoms with van der Waals surface area (Å²) in [6.45, 7) is 0. The van der Waals surface area contributed by atoms with Crippen LogP contribution in [0.25, 0.3) is 0 Å². The van der Waals surface area contributed by atoms with Crippen LogP contribution in [-0.2, 0) is 13.2 Å². The van der Waals surface area contributed by atoms with Gasteiger partial charge in [-0.15, -0.1) is 5.10 Å². The van der Waals surface area contributed by atoms with Crippen LogP contribution >= 0.6 is 11.6 Å². The molecule has 8 nitrogen and oxygen atoms in total. The molecule has 3 aromatic rings. The monoisotopic (exact) mass is 454 g/mol. The number of rotatable bonds is 5. The normalized spacial score (nSPS) is 11.3. The van der Waals surface area contributed by atoms with Crippen LogP contribution in [0.1, 0.15) is 16.1 Å². The lowest BCUT2D eigenvalue weighted by molar-refractivity contribution is -0.384. The van der Waals surface area contributed by atoms with Crippen LogP contribution in [0, 0.1) is 10.1 Å². The van der Waals surface area contributed by atoms with Crippen LogP contribution in [0.3, 0.4) is 0 Å². The van der Waals surface area contributed by atoms with Crippen molar-refractivity contribution < 1.29 is 27.6 Å². The summed E-state index contributed by atoms with van der Waals surface area (Å²) in [4.78, 5) is 24.5. The lowest BCUT2D eigenvalue weighted by Gasteiger charge is -2.18. The molecule has 0 saturated heterocycles. The molecule has 31 heavy (non-hydrogen) atoms. The Balaban J connectivity index is 2.00. The van der Waals surface area contributed by atoms with Gasteiger partial charge in [0.05, 0.1) is 4.92 Å². The van der Waals surface area contributed by atoms with E-state index in [9.17, 15) is 28.1 Å². The van der Waals surface area contributed by atoms with Crippen molar-refractivity contribution in [3.8, 4) is 11.6 Å². The molecule has 0 N–H and O–H groups in total. The molecule has 162 valence electrons. The van der Waals surface area contributed by atoms with Gasteiger partial charge in [0.25, 0.3) is 17.5 Å². The number of aryl methyl sites for hydroxylation is 1. The van der Waals surface area contributed by atoms with Crippen LogP contribution in [0.4, 0.5) is 24.5 Å². The molecule has 0 aliphatic carbocycles. The lowest BCUT2D eigenvalue weighted by atomic mass is 10.1. The number of nitrogens with zero attached hydrogens (tertiary/aromatic N) is 4. The minimum absolute atomic E-state index is 0.0953. The minimum atomic E-state index is -4.76. The van der Waals surface area contributed by atoms with E-state index in [1.54, 1.807) is 18.2 Å². The Morgan fingerprint density at radius 2 is 1.87 bits per heavy atom. The quantitative estimate of drug-likeness (QED) is 0.396. The number of alkyl halides is 3. The summed E-state index contributed by atoms with van der Waals surface area (Å²) in [5.41, 5.74) is -1.45. The summed E-state index contributed by atoms with van der Waals surface area (Å²) in [5.74, 6) is -1.16. The topological polar surface area (TPSA) is 90.5 Å². The summed E-state index contributed by atoms with van der Waals surface area (Å²) >= 11 is 5.78. The summed E-state index contributed by atoms with van der Waals surface area (Å²) < 4.78 is 45.2. The first-order valence-corrected chi connectivity index (χ1v) is 8.97. The zero-order valence-corrected chi connectivity index (χ0v) is 16.8. The van der Waals surface area contributed by atoms with Gasteiger partial charge in [-0.1, -0.05) is 29.8 Å². The van der Waals surface area contributed by atoms with Crippen molar-refractivity contribution >= 4 is 28.9 Å². The summed E-state index contributed by atoms with van der Waals surface area (Å²) in [6.07, 6.45) is -4.76. The maximum atomic E-state index is 13.1. The molecule has 1 amide bonds. The minimum Gasteiger partial charge on any atom is -0.436 e. The first-order chi connectivity index (χ1) is 14.5. The Morgan fingerprint density at radius 3 is 2.42 bits per heavy atom. The van der Waals surface area contributed by atoms with Crippen molar-refractivity contribution in [3.05, 3.63) is 74.9 Å². The molecular formula is C19H14ClF3N4O4. The Kier molecular flexibility index (Phi) is 5.89. The SMILES string of the molecule is CN(C(=O)c1ccccc1)c1cc(Oc2nn(C)c(C(F)(F)F)c2Cl)ccc1[N+](=O)[O-]. The van der Waals surface area contributed by atoms with Gasteiger partial charge in [-0.25, -0.2) is 0 Å². The highest BCUT2D eigenvalue weighted by atomic mass is 35.5. The van der Waals surface area contributed by atoms with Crippen molar-refractivity contribution in [3.63, 3.8) is 0 Å². The number of carbonyl (C=O) groups is 1. The fourth-order valence-corrected chi connectivity index (χ4v) is 3.14. The molecule has 2 aromatic carbocycles. The van der Waals surface area contributed by atoms with Gasteiger partial charge in [-0.2, -0.15) is 13.2 Å². The van der Waals surface area contributed by atoms with E-state index in [4.69, 9.17) is 16.3 Å². The highest BCUT2D eigenvalue weighted by molar-refractivity contribution is 6.32. The molecule has 0 bridgehead atoms. The summed E-state index contributed by atoms with van der Waals surface area (Å²) in [6, 6.07) is 11.4. The zero-order valence-electron chi connectivity index (χ0n) is 16.1. The number of aromatic nitrogens is 2. The number of amides is 1. The highest BCUT2D eigenvalue weighted by Crippen LogP contribution is 2.41. The third-order valence-electron chi connectivity index (χ3n) is 4.27. The summed E-state index contributed by atoms with van der Waals surface area (Å²) in [5, 5.41) is 14.3. The summed E-state index contributed by atoms with van der Waals surface area (Å²) in [7, 11) is 2.38. The van der Waals surface area contributed by atoms with Crippen LogP contribution in [0.15, 0.2) is 48.5 Å². The number of hydrogen-bond acceptors (Lipinski definition) is 5. The number of anilines is 1. The first kappa shape index (κ1) is 22.1. The predicted octanol–water partition coefficient (Wildman–Crippen LogP) is 5.07. The molecule has 0 saturated carbocycles. The van der Waals surface area contributed by atoms with Crippen molar-refractivity contribution in [1.82, 2.24) is 9.78 Å². The Morgan fingerprint density at radius 1 is 1.23 bits per heavy atom. The van der Waals surface area contributed by atoms with Gasteiger partial charge < -0.3 is 9.64 Å². The fraction of sp³-hybridized carbons (Fsp3) is 0.158. The van der Waals surface area contributed by atoms with E-state index < -0.39 is 39.3 Å². The van der Waals surface area contributed by atoms with Crippen molar-refractivity contribution in [2.75, 3.05) is 11.9 Å². The van der Waals surface area contributed by atoms with Crippen molar-refractivity contribution in [1.29, 1.82) is 0 Å². The van der Waals surface area contributed by atoms with Gasteiger partial charge in [-0.3, -0.25) is 19.6 Å². The molecule has 1 heterocycles. The maximum absolute atomic E-state index is 13.1. The number of nitro benzene ring substituents is 1.